The van der Waals surface area contributed by atoms with Crippen LogP contribution in [0.15, 0.2) is 83.9 Å². The van der Waals surface area contributed by atoms with E-state index in [9.17, 15) is 9.65 Å². The molecule has 226 valence electrons. The smallest absolute Gasteiger partial charge is 0.125 e. The van der Waals surface area contributed by atoms with Gasteiger partial charge in [0.1, 0.15) is 12.5 Å². The molecule has 5 rings (SSSR count). The number of likely N-dealkylation sites (tertiary alicyclic amines) is 1. The molecule has 0 radical (unpaired) electrons. The molecule has 0 aliphatic carbocycles. The summed E-state index contributed by atoms with van der Waals surface area (Å²) in [6.45, 7) is 6.09. The zero-order chi connectivity index (χ0) is 31.3. The van der Waals surface area contributed by atoms with Gasteiger partial charge in [0.2, 0.25) is 0 Å². The van der Waals surface area contributed by atoms with Crippen LogP contribution in [0.2, 0.25) is 0 Å². The molecular weight excluding hydrogens is 567 g/mol. The number of rotatable bonds is 10. The molecule has 1 aromatic heterocycles. The Morgan fingerprint density at radius 2 is 1.80 bits per heavy atom. The van der Waals surface area contributed by atoms with Gasteiger partial charge in [0.15, 0.2) is 0 Å². The standard InChI is InChI=1S/C35H36ClFN4.C3H4/c1-25-34(21-32(36)22-37)40-35(39-25)15-14-33(30-16-18-41(19-17-30)24-26-6-3-2-4-7-26)29-12-10-28(11-13-29)31-9-5-8-27(20-31)23-38;1-3-2/h2-13,20-21,30,33H,14-19,22,24H2,1H3,(H,39,40);1H,2H3/b32-21+;. The van der Waals surface area contributed by atoms with Crippen LogP contribution in [0, 0.1) is 36.5 Å². The summed E-state index contributed by atoms with van der Waals surface area (Å²) in [5.74, 6) is 4.13. The van der Waals surface area contributed by atoms with Gasteiger partial charge >= 0.3 is 0 Å². The van der Waals surface area contributed by atoms with Gasteiger partial charge in [-0.25, -0.2) is 9.37 Å². The fourth-order valence-corrected chi connectivity index (χ4v) is 6.10. The van der Waals surface area contributed by atoms with Gasteiger partial charge in [-0.1, -0.05) is 78.3 Å². The summed E-state index contributed by atoms with van der Waals surface area (Å²) >= 11 is 5.94. The summed E-state index contributed by atoms with van der Waals surface area (Å²) in [4.78, 5) is 10.7. The van der Waals surface area contributed by atoms with Crippen LogP contribution in [-0.2, 0) is 13.0 Å². The molecule has 2 heterocycles. The minimum Gasteiger partial charge on any atom is -0.346 e. The predicted molar refractivity (Wildman–Crippen MR) is 180 cm³/mol. The number of nitriles is 1. The fraction of sp³-hybridized carbons (Fsp3) is 0.316. The van der Waals surface area contributed by atoms with E-state index in [0.29, 0.717) is 23.1 Å². The first kappa shape index (κ1) is 32.7. The summed E-state index contributed by atoms with van der Waals surface area (Å²) in [7, 11) is 0. The largest absolute Gasteiger partial charge is 0.346 e. The molecule has 1 atom stereocenters. The van der Waals surface area contributed by atoms with E-state index in [2.05, 4.69) is 89.0 Å². The Labute approximate surface area is 266 Å². The van der Waals surface area contributed by atoms with Crippen molar-refractivity contribution in [3.63, 3.8) is 0 Å². The number of allylic oxidation sites excluding steroid dienone is 1. The number of halogens is 2. The molecule has 1 aliphatic heterocycles. The number of aromatic nitrogens is 2. The van der Waals surface area contributed by atoms with E-state index in [-0.39, 0.29) is 5.03 Å². The van der Waals surface area contributed by atoms with Crippen molar-refractivity contribution in [2.75, 3.05) is 19.8 Å². The molecule has 3 aromatic carbocycles. The Hall–Kier alpha value is -4.16. The van der Waals surface area contributed by atoms with Crippen LogP contribution in [0.1, 0.15) is 66.0 Å². The fourth-order valence-electron chi connectivity index (χ4n) is 6.00. The Morgan fingerprint density at radius 3 is 2.45 bits per heavy atom. The lowest BCUT2D eigenvalue weighted by Crippen LogP contribution is -2.35. The lowest BCUT2D eigenvalue weighted by atomic mass is 9.77. The first-order chi connectivity index (χ1) is 21.4. The Kier molecular flexibility index (Phi) is 12.4. The topological polar surface area (TPSA) is 55.7 Å². The van der Waals surface area contributed by atoms with E-state index in [1.54, 1.807) is 13.0 Å². The molecule has 4 nitrogen and oxygen atoms in total. The van der Waals surface area contributed by atoms with Crippen molar-refractivity contribution < 1.29 is 4.39 Å². The van der Waals surface area contributed by atoms with Gasteiger partial charge in [-0.2, -0.15) is 5.26 Å². The van der Waals surface area contributed by atoms with Crippen LogP contribution in [0.25, 0.3) is 17.2 Å². The van der Waals surface area contributed by atoms with Crippen molar-refractivity contribution in [2.45, 2.75) is 52.0 Å². The minimum absolute atomic E-state index is 0.159. The van der Waals surface area contributed by atoms with Gasteiger partial charge in [0, 0.05) is 18.7 Å². The summed E-state index contributed by atoms with van der Waals surface area (Å²) in [5.41, 5.74) is 7.16. The van der Waals surface area contributed by atoms with Crippen LogP contribution >= 0.6 is 11.6 Å². The molecule has 1 saturated heterocycles. The first-order valence-electron chi connectivity index (χ1n) is 15.2. The van der Waals surface area contributed by atoms with Gasteiger partial charge in [-0.05, 0) is 98.5 Å². The van der Waals surface area contributed by atoms with E-state index in [0.717, 1.165) is 68.0 Å². The van der Waals surface area contributed by atoms with Crippen molar-refractivity contribution in [3.05, 3.63) is 118 Å². The molecule has 4 aromatic rings. The minimum atomic E-state index is -0.689. The predicted octanol–water partition coefficient (Wildman–Crippen LogP) is 9.07. The van der Waals surface area contributed by atoms with Crippen molar-refractivity contribution >= 4 is 17.7 Å². The highest BCUT2D eigenvalue weighted by molar-refractivity contribution is 6.31. The Morgan fingerprint density at radius 1 is 1.09 bits per heavy atom. The Bertz CT molecular complexity index is 1590. The van der Waals surface area contributed by atoms with Crippen molar-refractivity contribution in [1.29, 1.82) is 5.26 Å². The van der Waals surface area contributed by atoms with Crippen LogP contribution in [0.4, 0.5) is 4.39 Å². The van der Waals surface area contributed by atoms with Crippen molar-refractivity contribution in [3.8, 4) is 29.5 Å². The molecule has 1 fully saturated rings. The summed E-state index contributed by atoms with van der Waals surface area (Å²) in [6, 6.07) is 29.6. The number of nitrogens with one attached hydrogen (secondary N) is 1. The molecule has 1 unspecified atom stereocenters. The molecule has 6 heteroatoms. The molecule has 0 amide bonds. The monoisotopic (exact) mass is 606 g/mol. The van der Waals surface area contributed by atoms with Crippen LogP contribution in [0.3, 0.4) is 0 Å². The number of benzene rings is 3. The van der Waals surface area contributed by atoms with Gasteiger partial charge in [-0.15, -0.1) is 12.3 Å². The number of hydrogen-bond donors (Lipinski definition) is 1. The highest BCUT2D eigenvalue weighted by Crippen LogP contribution is 2.37. The van der Waals surface area contributed by atoms with E-state index >= 15 is 0 Å². The second kappa shape index (κ2) is 16.6. The third kappa shape index (κ3) is 9.17. The van der Waals surface area contributed by atoms with E-state index in [4.69, 9.17) is 16.6 Å². The van der Waals surface area contributed by atoms with Crippen LogP contribution < -0.4 is 0 Å². The number of aryl methyl sites for hydroxylation is 2. The van der Waals surface area contributed by atoms with Crippen molar-refractivity contribution in [1.82, 2.24) is 14.9 Å². The second-order valence-corrected chi connectivity index (χ2v) is 11.8. The Balaban J connectivity index is 0.00000141. The zero-order valence-electron chi connectivity index (χ0n) is 25.6. The lowest BCUT2D eigenvalue weighted by molar-refractivity contribution is 0.159. The normalized spacial score (nSPS) is 14.6. The number of piperidine rings is 1. The number of nitrogens with zero attached hydrogens (tertiary/aromatic N) is 3. The number of alkyl halides is 1. The van der Waals surface area contributed by atoms with E-state index in [1.165, 1.54) is 11.1 Å². The van der Waals surface area contributed by atoms with Gasteiger partial charge in [-0.3, -0.25) is 4.90 Å². The molecule has 0 bridgehead atoms. The molecule has 0 spiro atoms. The summed E-state index contributed by atoms with van der Waals surface area (Å²) < 4.78 is 12.9. The lowest BCUT2D eigenvalue weighted by Gasteiger charge is -2.36. The number of terminal acetylenes is 1. The van der Waals surface area contributed by atoms with E-state index < -0.39 is 6.67 Å². The quantitative estimate of drug-likeness (QED) is 0.183. The number of aromatic amines is 1. The van der Waals surface area contributed by atoms with Crippen LogP contribution in [-0.4, -0.2) is 34.6 Å². The van der Waals surface area contributed by atoms with Gasteiger partial charge in [0.25, 0.3) is 0 Å². The number of hydrogen-bond acceptors (Lipinski definition) is 3. The molecule has 0 saturated carbocycles. The molecule has 44 heavy (non-hydrogen) atoms. The third-order valence-electron chi connectivity index (χ3n) is 8.20. The van der Waals surface area contributed by atoms with Gasteiger partial charge < -0.3 is 4.98 Å². The van der Waals surface area contributed by atoms with E-state index in [1.807, 2.05) is 25.1 Å². The zero-order valence-corrected chi connectivity index (χ0v) is 26.3. The first-order valence-corrected chi connectivity index (χ1v) is 15.5. The number of imidazole rings is 1. The SMILES string of the molecule is C#CC.Cc1[nH]c(CCC(c2ccc(-c3cccc(C#N)c3)cc2)C2CCN(Cc3ccccc3)CC2)nc1/C=C(/Cl)CF. The maximum absolute atomic E-state index is 12.9. The summed E-state index contributed by atoms with van der Waals surface area (Å²) in [6.07, 6.45) is 10.3. The number of H-pyrrole nitrogens is 1. The maximum atomic E-state index is 12.9. The summed E-state index contributed by atoms with van der Waals surface area (Å²) in [5, 5.41) is 9.47. The van der Waals surface area contributed by atoms with Crippen LogP contribution in [0.5, 0.6) is 0 Å². The van der Waals surface area contributed by atoms with Crippen molar-refractivity contribution in [2.24, 2.45) is 5.92 Å². The second-order valence-electron chi connectivity index (χ2n) is 11.3. The average molecular weight is 607 g/mol. The highest BCUT2D eigenvalue weighted by Gasteiger charge is 2.28. The molecular formula is C38H40ClFN4. The molecule has 1 aliphatic rings. The molecule has 1 N–H and O–H groups in total. The average Bonchev–Trinajstić information content (AvgIpc) is 3.41. The third-order valence-corrected chi connectivity index (χ3v) is 8.41. The maximum Gasteiger partial charge on any atom is 0.125 e. The highest BCUT2D eigenvalue weighted by atomic mass is 35.5. The van der Waals surface area contributed by atoms with Gasteiger partial charge in [0.05, 0.1) is 22.4 Å².